The van der Waals surface area contributed by atoms with E-state index in [1.54, 1.807) is 5.82 Å². The summed E-state index contributed by atoms with van der Waals surface area (Å²) in [7, 11) is -1.55. The van der Waals surface area contributed by atoms with Gasteiger partial charge in [0.05, 0.1) is 8.81 Å². The molecule has 0 heterocycles. The minimum Gasteiger partial charge on any atom is -0.278 e. The predicted molar refractivity (Wildman–Crippen MR) is 34.3 cm³/mol. The van der Waals surface area contributed by atoms with Crippen molar-refractivity contribution < 1.29 is 8.88 Å². The van der Waals surface area contributed by atoms with Crippen LogP contribution in [0.1, 0.15) is 0 Å². The van der Waals surface area contributed by atoms with Gasteiger partial charge in [0.25, 0.3) is 0 Å². The van der Waals surface area contributed by atoms with Crippen LogP contribution in [0.5, 0.6) is 0 Å². The summed E-state index contributed by atoms with van der Waals surface area (Å²) in [6, 6.07) is 0. The first-order valence-electron chi connectivity index (χ1n) is 1.58. The molecule has 0 aromatic heterocycles. The lowest BCUT2D eigenvalue weighted by Gasteiger charge is -1.81. The van der Waals surface area contributed by atoms with Crippen LogP contribution >= 0.6 is 16.5 Å². The van der Waals surface area contributed by atoms with E-state index >= 15 is 0 Å². The smallest absolute Gasteiger partial charge is 0.234 e. The third-order valence-electron chi connectivity index (χ3n) is 0.238. The maximum atomic E-state index is 9.98. The fourth-order valence-corrected chi connectivity index (χ4v) is 0.864. The maximum Gasteiger partial charge on any atom is 0.234 e. The first-order chi connectivity index (χ1) is 3.27. The van der Waals surface area contributed by atoms with Gasteiger partial charge in [-0.3, -0.25) is 8.88 Å². The lowest BCUT2D eigenvalue weighted by molar-refractivity contribution is 0.547. The summed E-state index contributed by atoms with van der Waals surface area (Å²) in [6.07, 6.45) is 3.12. The average molecular weight is 136 g/mol. The standard InChI is InChI=1S/C3H6O2P2/c1-3-6-5-7(2)4/h3,6H,1-2H2. The molecule has 0 aromatic carbocycles. The van der Waals surface area contributed by atoms with Crippen LogP contribution < -0.4 is 0 Å². The monoisotopic (exact) mass is 136 g/mol. The van der Waals surface area contributed by atoms with E-state index in [4.69, 9.17) is 0 Å². The molecule has 0 spiro atoms. The van der Waals surface area contributed by atoms with Crippen molar-refractivity contribution >= 4 is 22.8 Å². The minimum absolute atomic E-state index is 0.113. The lowest BCUT2D eigenvalue weighted by Crippen LogP contribution is -1.42. The van der Waals surface area contributed by atoms with Gasteiger partial charge in [-0.25, -0.2) is 0 Å². The van der Waals surface area contributed by atoms with Crippen LogP contribution in [0, 0.1) is 0 Å². The first kappa shape index (κ1) is 7.10. The van der Waals surface area contributed by atoms with Gasteiger partial charge in [0, 0.05) is 0 Å². The fraction of sp³-hybridized carbons (Fsp3) is 0. The Morgan fingerprint density at radius 1 is 1.86 bits per heavy atom. The molecule has 0 N–H and O–H groups in total. The van der Waals surface area contributed by atoms with E-state index in [2.05, 4.69) is 17.2 Å². The van der Waals surface area contributed by atoms with Crippen molar-refractivity contribution in [1.29, 1.82) is 0 Å². The van der Waals surface area contributed by atoms with Gasteiger partial charge in [-0.1, -0.05) is 6.58 Å². The molecule has 0 saturated carbocycles. The Labute approximate surface area is 44.9 Å². The van der Waals surface area contributed by atoms with Crippen molar-refractivity contribution in [2.45, 2.75) is 0 Å². The zero-order valence-electron chi connectivity index (χ0n) is 3.76. The molecule has 7 heavy (non-hydrogen) atoms. The number of hydrogen-bond acceptors (Lipinski definition) is 2. The zero-order valence-corrected chi connectivity index (χ0v) is 5.65. The summed E-state index contributed by atoms with van der Waals surface area (Å²) in [5.74, 6) is 1.55. The number of rotatable bonds is 3. The molecule has 0 aromatic rings. The molecule has 2 nitrogen and oxygen atoms in total. The molecule has 0 radical (unpaired) electrons. The van der Waals surface area contributed by atoms with Crippen LogP contribution in [-0.4, -0.2) is 6.30 Å². The molecule has 0 aliphatic rings. The highest BCUT2D eigenvalue weighted by Crippen LogP contribution is 2.22. The van der Waals surface area contributed by atoms with Gasteiger partial charge < -0.3 is 0 Å². The Balaban J connectivity index is 3.14. The summed E-state index contributed by atoms with van der Waals surface area (Å²) in [5.41, 5.74) is 0. The van der Waals surface area contributed by atoms with Crippen LogP contribution in [-0.2, 0) is 8.88 Å². The second-order valence-electron chi connectivity index (χ2n) is 0.746. The highest BCUT2D eigenvalue weighted by Gasteiger charge is 1.74. The molecule has 0 rings (SSSR count). The topological polar surface area (TPSA) is 26.3 Å². The SMILES string of the molecule is C=CPOP(=C)=O. The largest absolute Gasteiger partial charge is 0.278 e. The fourth-order valence-electron chi connectivity index (χ4n) is 0.0961. The maximum absolute atomic E-state index is 9.98. The average Bonchev–Trinajstić information content (AvgIpc) is 1.61. The Kier molecular flexibility index (Phi) is 4.32. The Bertz CT molecular complexity index is 108. The number of hydrogen-bond donors (Lipinski definition) is 0. The molecule has 2 atom stereocenters. The Morgan fingerprint density at radius 2 is 2.43 bits per heavy atom. The van der Waals surface area contributed by atoms with E-state index in [0.717, 1.165) is 0 Å². The minimum atomic E-state index is -1.67. The van der Waals surface area contributed by atoms with Gasteiger partial charge in [-0.2, -0.15) is 0 Å². The molecule has 0 saturated heterocycles. The van der Waals surface area contributed by atoms with E-state index < -0.39 is 7.65 Å². The van der Waals surface area contributed by atoms with E-state index in [9.17, 15) is 4.57 Å². The molecular weight excluding hydrogens is 130 g/mol. The molecule has 0 amide bonds. The normalized spacial score (nSPS) is 12.3. The molecule has 0 fully saturated rings. The van der Waals surface area contributed by atoms with Gasteiger partial charge in [0.1, 0.15) is 0 Å². The van der Waals surface area contributed by atoms with E-state index in [-0.39, 0.29) is 8.81 Å². The summed E-state index contributed by atoms with van der Waals surface area (Å²) < 4.78 is 14.5. The van der Waals surface area contributed by atoms with Gasteiger partial charge in [0.2, 0.25) is 7.65 Å². The van der Waals surface area contributed by atoms with Crippen molar-refractivity contribution in [3.05, 3.63) is 12.4 Å². The Morgan fingerprint density at radius 3 is 2.57 bits per heavy atom. The van der Waals surface area contributed by atoms with Crippen molar-refractivity contribution in [2.24, 2.45) is 0 Å². The van der Waals surface area contributed by atoms with E-state index in [1.807, 2.05) is 0 Å². The van der Waals surface area contributed by atoms with Gasteiger partial charge in [0.15, 0.2) is 0 Å². The molecule has 2 unspecified atom stereocenters. The third kappa shape index (κ3) is 6.10. The predicted octanol–water partition coefficient (Wildman–Crippen LogP) is 1.91. The van der Waals surface area contributed by atoms with Crippen LogP contribution in [0.2, 0.25) is 0 Å². The second-order valence-corrected chi connectivity index (χ2v) is 2.79. The summed E-state index contributed by atoms with van der Waals surface area (Å²) in [5, 5.41) is 0. The Hall–Kier alpha value is 0.1000. The van der Waals surface area contributed by atoms with Crippen LogP contribution in [0.3, 0.4) is 0 Å². The first-order valence-corrected chi connectivity index (χ1v) is 3.93. The molecule has 0 bridgehead atoms. The van der Waals surface area contributed by atoms with Gasteiger partial charge >= 0.3 is 0 Å². The highest BCUT2D eigenvalue weighted by atomic mass is 31.2. The van der Waals surface area contributed by atoms with Crippen LogP contribution in [0.4, 0.5) is 0 Å². The molecular formula is C3H6O2P2. The third-order valence-corrected chi connectivity index (χ3v) is 1.64. The van der Waals surface area contributed by atoms with Crippen molar-refractivity contribution in [3.63, 3.8) is 0 Å². The molecule has 0 aliphatic heterocycles. The summed E-state index contributed by atoms with van der Waals surface area (Å²) >= 11 is 0. The molecule has 4 heteroatoms. The zero-order chi connectivity index (χ0) is 5.70. The van der Waals surface area contributed by atoms with Gasteiger partial charge in [-0.05, 0) is 12.1 Å². The summed E-state index contributed by atoms with van der Waals surface area (Å²) in [4.78, 5) is 0. The van der Waals surface area contributed by atoms with E-state index in [1.165, 1.54) is 0 Å². The van der Waals surface area contributed by atoms with Crippen LogP contribution in [0.25, 0.3) is 0 Å². The van der Waals surface area contributed by atoms with Crippen molar-refractivity contribution in [1.82, 2.24) is 0 Å². The van der Waals surface area contributed by atoms with Crippen LogP contribution in [0.15, 0.2) is 12.4 Å². The molecule has 40 valence electrons. The second kappa shape index (κ2) is 4.26. The highest BCUT2D eigenvalue weighted by molar-refractivity contribution is 7.50. The molecule has 0 aliphatic carbocycles. The quantitative estimate of drug-likeness (QED) is 0.554. The summed E-state index contributed by atoms with van der Waals surface area (Å²) in [6.45, 7) is 3.36. The van der Waals surface area contributed by atoms with Gasteiger partial charge in [-0.15, -0.1) is 0 Å². The van der Waals surface area contributed by atoms with E-state index in [0.29, 0.717) is 0 Å². The van der Waals surface area contributed by atoms with Crippen molar-refractivity contribution in [2.75, 3.05) is 0 Å². The lowest BCUT2D eigenvalue weighted by atomic mass is 11.3. The van der Waals surface area contributed by atoms with Crippen molar-refractivity contribution in [3.8, 4) is 0 Å².